The molecule has 1 N–H and O–H groups in total. The van der Waals surface area contributed by atoms with E-state index in [0.29, 0.717) is 6.04 Å². The second-order valence-electron chi connectivity index (χ2n) is 3.74. The molecule has 2 heterocycles. The molecule has 1 fully saturated rings. The number of amides is 1. The minimum absolute atomic E-state index is 0.0271. The Morgan fingerprint density at radius 3 is 3.19 bits per heavy atom. The maximum absolute atomic E-state index is 12.0. The molecule has 1 aromatic heterocycles. The molecule has 3 nitrogen and oxygen atoms in total. The van der Waals surface area contributed by atoms with Gasteiger partial charge in [-0.15, -0.1) is 0 Å². The molecule has 1 aliphatic rings. The molecule has 0 radical (unpaired) electrons. The lowest BCUT2D eigenvalue weighted by Crippen LogP contribution is -2.38. The normalized spacial score (nSPS) is 20.4. The van der Waals surface area contributed by atoms with Gasteiger partial charge in [-0.25, -0.2) is 0 Å². The van der Waals surface area contributed by atoms with Crippen LogP contribution in [-0.2, 0) is 0 Å². The summed E-state index contributed by atoms with van der Waals surface area (Å²) in [6.07, 6.45) is 5.67. The molecule has 0 spiro atoms. The number of nitrogens with one attached hydrogen (secondary N) is 1. The quantitative estimate of drug-likeness (QED) is 0.834. The molecule has 5 heteroatoms. The van der Waals surface area contributed by atoms with E-state index in [1.54, 1.807) is 18.5 Å². The van der Waals surface area contributed by atoms with E-state index in [9.17, 15) is 4.79 Å². The maximum atomic E-state index is 12.0. The van der Waals surface area contributed by atoms with Crippen LogP contribution in [0.2, 0.25) is 0 Å². The number of hydrogen-bond acceptors (Lipinski definition) is 3. The standard InChI is InChI=1S/C11H13IN2OS/c12-10-6-13-4-3-9(10)11(15)14-8-2-1-5-16-7-8/h3-4,6,8H,1-2,5,7H2,(H,14,15). The van der Waals surface area contributed by atoms with Crippen molar-refractivity contribution in [2.75, 3.05) is 11.5 Å². The van der Waals surface area contributed by atoms with Crippen molar-refractivity contribution in [1.29, 1.82) is 0 Å². The van der Waals surface area contributed by atoms with Gasteiger partial charge in [0.25, 0.3) is 5.91 Å². The number of carbonyl (C=O) groups excluding carboxylic acids is 1. The Morgan fingerprint density at radius 2 is 2.50 bits per heavy atom. The van der Waals surface area contributed by atoms with E-state index < -0.39 is 0 Å². The van der Waals surface area contributed by atoms with E-state index in [4.69, 9.17) is 0 Å². The Morgan fingerprint density at radius 1 is 1.62 bits per heavy atom. The van der Waals surface area contributed by atoms with Crippen molar-refractivity contribution in [2.45, 2.75) is 18.9 Å². The molecular weight excluding hydrogens is 335 g/mol. The predicted molar refractivity (Wildman–Crippen MR) is 74.8 cm³/mol. The van der Waals surface area contributed by atoms with Crippen LogP contribution in [0.4, 0.5) is 0 Å². The number of pyridine rings is 1. The van der Waals surface area contributed by atoms with E-state index in [1.165, 1.54) is 12.2 Å². The second-order valence-corrected chi connectivity index (χ2v) is 6.06. The van der Waals surface area contributed by atoms with Crippen LogP contribution in [0.25, 0.3) is 0 Å². The number of nitrogens with zero attached hydrogens (tertiary/aromatic N) is 1. The summed E-state index contributed by atoms with van der Waals surface area (Å²) in [5.41, 5.74) is 0.728. The van der Waals surface area contributed by atoms with E-state index in [1.807, 2.05) is 11.8 Å². The van der Waals surface area contributed by atoms with Crippen LogP contribution in [0.3, 0.4) is 0 Å². The van der Waals surface area contributed by atoms with Gasteiger partial charge in [0, 0.05) is 27.8 Å². The van der Waals surface area contributed by atoms with Crippen molar-refractivity contribution in [3.8, 4) is 0 Å². The molecule has 1 aromatic rings. The Labute approximate surface area is 113 Å². The molecule has 1 aliphatic heterocycles. The first kappa shape index (κ1) is 12.2. The third-order valence-electron chi connectivity index (χ3n) is 2.51. The molecule has 1 saturated heterocycles. The molecule has 0 aromatic carbocycles. The Hall–Kier alpha value is -0.300. The van der Waals surface area contributed by atoms with Crippen LogP contribution in [0.5, 0.6) is 0 Å². The summed E-state index contributed by atoms with van der Waals surface area (Å²) in [5.74, 6) is 2.28. The molecule has 86 valence electrons. The van der Waals surface area contributed by atoms with Crippen LogP contribution < -0.4 is 5.32 Å². The lowest BCUT2D eigenvalue weighted by atomic mass is 10.1. The van der Waals surface area contributed by atoms with E-state index in [0.717, 1.165) is 21.3 Å². The number of rotatable bonds is 2. The van der Waals surface area contributed by atoms with Crippen LogP contribution in [-0.4, -0.2) is 28.4 Å². The largest absolute Gasteiger partial charge is 0.348 e. The van der Waals surface area contributed by atoms with Crippen LogP contribution in [0.1, 0.15) is 23.2 Å². The van der Waals surface area contributed by atoms with Crippen molar-refractivity contribution in [1.82, 2.24) is 10.3 Å². The van der Waals surface area contributed by atoms with E-state index >= 15 is 0 Å². The van der Waals surface area contributed by atoms with Crippen molar-refractivity contribution < 1.29 is 4.79 Å². The molecule has 0 saturated carbocycles. The topological polar surface area (TPSA) is 42.0 Å². The zero-order valence-corrected chi connectivity index (χ0v) is 11.8. The SMILES string of the molecule is O=C(NC1CCCSC1)c1ccncc1I. The third-order valence-corrected chi connectivity index (χ3v) is 4.59. The zero-order valence-electron chi connectivity index (χ0n) is 8.78. The average Bonchev–Trinajstić information content (AvgIpc) is 2.31. The highest BCUT2D eigenvalue weighted by atomic mass is 127. The number of thioether (sulfide) groups is 1. The summed E-state index contributed by atoms with van der Waals surface area (Å²) in [7, 11) is 0. The van der Waals surface area contributed by atoms with Gasteiger partial charge in [-0.1, -0.05) is 0 Å². The highest BCUT2D eigenvalue weighted by Crippen LogP contribution is 2.18. The fourth-order valence-corrected chi connectivity index (χ4v) is 3.33. The Balaban J connectivity index is 2.00. The molecule has 0 bridgehead atoms. The van der Waals surface area contributed by atoms with Gasteiger partial charge in [-0.2, -0.15) is 11.8 Å². The van der Waals surface area contributed by atoms with Gasteiger partial charge in [0.1, 0.15) is 0 Å². The summed E-state index contributed by atoms with van der Waals surface area (Å²) < 4.78 is 0.904. The van der Waals surface area contributed by atoms with Crippen molar-refractivity contribution in [3.63, 3.8) is 0 Å². The fourth-order valence-electron chi connectivity index (χ4n) is 1.68. The third kappa shape index (κ3) is 3.10. The first-order valence-electron chi connectivity index (χ1n) is 5.25. The smallest absolute Gasteiger partial charge is 0.252 e. The van der Waals surface area contributed by atoms with Gasteiger partial charge >= 0.3 is 0 Å². The molecule has 16 heavy (non-hydrogen) atoms. The molecule has 2 rings (SSSR count). The molecule has 1 amide bonds. The number of aromatic nitrogens is 1. The Kier molecular flexibility index (Phi) is 4.45. The van der Waals surface area contributed by atoms with Crippen molar-refractivity contribution in [3.05, 3.63) is 27.6 Å². The van der Waals surface area contributed by atoms with E-state index in [2.05, 4.69) is 32.9 Å². The molecular formula is C11H13IN2OS. The van der Waals surface area contributed by atoms with E-state index in [-0.39, 0.29) is 5.91 Å². The highest BCUT2D eigenvalue weighted by molar-refractivity contribution is 14.1. The highest BCUT2D eigenvalue weighted by Gasteiger charge is 2.17. The molecule has 1 unspecified atom stereocenters. The van der Waals surface area contributed by atoms with Gasteiger partial charge in [0.05, 0.1) is 5.56 Å². The average molecular weight is 348 g/mol. The Bertz CT molecular complexity index is 380. The number of halogens is 1. The van der Waals surface area contributed by atoms with Gasteiger partial charge in [-0.3, -0.25) is 9.78 Å². The lowest BCUT2D eigenvalue weighted by molar-refractivity contribution is 0.0937. The summed E-state index contributed by atoms with van der Waals surface area (Å²) in [6.45, 7) is 0. The monoisotopic (exact) mass is 348 g/mol. The summed E-state index contributed by atoms with van der Waals surface area (Å²) in [4.78, 5) is 16.0. The summed E-state index contributed by atoms with van der Waals surface area (Å²) >= 11 is 4.06. The number of carbonyl (C=O) groups is 1. The van der Waals surface area contributed by atoms with Gasteiger partial charge in [0.2, 0.25) is 0 Å². The molecule has 1 atom stereocenters. The lowest BCUT2D eigenvalue weighted by Gasteiger charge is -2.22. The van der Waals surface area contributed by atoms with Crippen LogP contribution in [0, 0.1) is 3.57 Å². The van der Waals surface area contributed by atoms with Gasteiger partial charge in [-0.05, 0) is 47.3 Å². The fraction of sp³-hybridized carbons (Fsp3) is 0.455. The minimum atomic E-state index is 0.0271. The zero-order chi connectivity index (χ0) is 11.4. The predicted octanol–water partition coefficient (Wildman–Crippen LogP) is 2.31. The molecule has 0 aliphatic carbocycles. The van der Waals surface area contributed by atoms with Crippen LogP contribution in [0.15, 0.2) is 18.5 Å². The van der Waals surface area contributed by atoms with Crippen molar-refractivity contribution >= 4 is 40.3 Å². The van der Waals surface area contributed by atoms with Crippen molar-refractivity contribution in [2.24, 2.45) is 0 Å². The summed E-state index contributed by atoms with van der Waals surface area (Å²) in [6, 6.07) is 2.10. The number of hydrogen-bond donors (Lipinski definition) is 1. The second kappa shape index (κ2) is 5.86. The maximum Gasteiger partial charge on any atom is 0.252 e. The first-order valence-corrected chi connectivity index (χ1v) is 7.49. The minimum Gasteiger partial charge on any atom is -0.348 e. The first-order chi connectivity index (χ1) is 7.77. The van der Waals surface area contributed by atoms with Crippen LogP contribution >= 0.6 is 34.4 Å². The van der Waals surface area contributed by atoms with Gasteiger partial charge in [0.15, 0.2) is 0 Å². The van der Waals surface area contributed by atoms with Gasteiger partial charge < -0.3 is 5.32 Å². The summed E-state index contributed by atoms with van der Waals surface area (Å²) in [5, 5.41) is 3.08.